The molecule has 5 nitrogen and oxygen atoms in total. The zero-order chi connectivity index (χ0) is 11.7. The number of aromatic hydroxyl groups is 1. The lowest BCUT2D eigenvalue weighted by Crippen LogP contribution is -2.08. The zero-order valence-electron chi connectivity index (χ0n) is 9.26. The van der Waals surface area contributed by atoms with Crippen LogP contribution in [0.1, 0.15) is 18.2 Å². The summed E-state index contributed by atoms with van der Waals surface area (Å²) < 4.78 is 5.25. The Kier molecular flexibility index (Phi) is 2.53. The molecule has 0 radical (unpaired) electrons. The second-order valence-corrected chi connectivity index (χ2v) is 4.16. The van der Waals surface area contributed by atoms with E-state index in [9.17, 15) is 5.11 Å². The number of rotatable bonds is 2. The number of nitrogens with zero attached hydrogens (tertiary/aromatic N) is 2. The van der Waals surface area contributed by atoms with Crippen molar-refractivity contribution in [2.75, 3.05) is 13.1 Å². The van der Waals surface area contributed by atoms with Gasteiger partial charge in [0.25, 0.3) is 0 Å². The normalized spacial score (nSPS) is 19.6. The van der Waals surface area contributed by atoms with Crippen molar-refractivity contribution in [2.45, 2.75) is 12.3 Å². The number of aromatic nitrogens is 2. The van der Waals surface area contributed by atoms with E-state index in [0.29, 0.717) is 23.2 Å². The highest BCUT2D eigenvalue weighted by atomic mass is 16.5. The lowest BCUT2D eigenvalue weighted by atomic mass is 10.1. The molecule has 17 heavy (non-hydrogen) atoms. The average molecular weight is 231 g/mol. The van der Waals surface area contributed by atoms with Gasteiger partial charge in [0.2, 0.25) is 11.7 Å². The third-order valence-electron chi connectivity index (χ3n) is 3.00. The van der Waals surface area contributed by atoms with Crippen LogP contribution in [0.4, 0.5) is 0 Å². The van der Waals surface area contributed by atoms with Gasteiger partial charge in [-0.15, -0.1) is 0 Å². The summed E-state index contributed by atoms with van der Waals surface area (Å²) in [5.74, 6) is 1.56. The molecule has 3 rings (SSSR count). The van der Waals surface area contributed by atoms with Crippen LogP contribution in [0.5, 0.6) is 5.75 Å². The molecule has 1 saturated heterocycles. The summed E-state index contributed by atoms with van der Waals surface area (Å²) in [6, 6.07) is 6.99. The molecule has 0 aliphatic carbocycles. The molecule has 0 saturated carbocycles. The SMILES string of the molecule is Oc1ccccc1-c1noc(C2CCNC2)n1. The second-order valence-electron chi connectivity index (χ2n) is 4.16. The summed E-state index contributed by atoms with van der Waals surface area (Å²) in [6.07, 6.45) is 1.02. The van der Waals surface area contributed by atoms with Crippen LogP contribution < -0.4 is 5.32 Å². The minimum Gasteiger partial charge on any atom is -0.507 e. The van der Waals surface area contributed by atoms with Crippen molar-refractivity contribution in [3.05, 3.63) is 30.2 Å². The van der Waals surface area contributed by atoms with Crippen LogP contribution in [-0.4, -0.2) is 28.3 Å². The summed E-state index contributed by atoms with van der Waals surface area (Å²) in [6.45, 7) is 1.86. The van der Waals surface area contributed by atoms with Gasteiger partial charge >= 0.3 is 0 Å². The highest BCUT2D eigenvalue weighted by Crippen LogP contribution is 2.28. The molecule has 1 aliphatic rings. The lowest BCUT2D eigenvalue weighted by molar-refractivity contribution is 0.359. The number of phenols is 1. The first kappa shape index (κ1) is 10.3. The van der Waals surface area contributed by atoms with Crippen molar-refractivity contribution >= 4 is 0 Å². The molecule has 1 aromatic carbocycles. The third kappa shape index (κ3) is 1.89. The van der Waals surface area contributed by atoms with E-state index < -0.39 is 0 Å². The minimum atomic E-state index is 0.171. The van der Waals surface area contributed by atoms with Gasteiger partial charge in [0.15, 0.2) is 0 Å². The predicted molar refractivity (Wildman–Crippen MR) is 61.6 cm³/mol. The molecule has 1 unspecified atom stereocenters. The number of para-hydroxylation sites is 1. The molecule has 5 heteroatoms. The van der Waals surface area contributed by atoms with Crippen molar-refractivity contribution in [2.24, 2.45) is 0 Å². The van der Waals surface area contributed by atoms with Crippen LogP contribution in [0.15, 0.2) is 28.8 Å². The van der Waals surface area contributed by atoms with Gasteiger partial charge in [-0.05, 0) is 25.1 Å². The number of phenolic OH excluding ortho intramolecular Hbond substituents is 1. The zero-order valence-corrected chi connectivity index (χ0v) is 9.26. The standard InChI is InChI=1S/C12H13N3O2/c16-10-4-2-1-3-9(10)11-14-12(17-15-11)8-5-6-13-7-8/h1-4,8,13,16H,5-7H2. The quantitative estimate of drug-likeness (QED) is 0.820. The largest absolute Gasteiger partial charge is 0.507 e. The molecule has 1 atom stereocenters. The Morgan fingerprint density at radius 3 is 3.00 bits per heavy atom. The Labute approximate surface area is 98.5 Å². The fourth-order valence-corrected chi connectivity index (χ4v) is 2.04. The predicted octanol–water partition coefficient (Wildman–Crippen LogP) is 1.52. The molecule has 1 fully saturated rings. The molecule has 2 N–H and O–H groups in total. The molecule has 0 spiro atoms. The van der Waals surface area contributed by atoms with Crippen LogP contribution in [0.3, 0.4) is 0 Å². The molecular formula is C12H13N3O2. The van der Waals surface area contributed by atoms with Gasteiger partial charge in [0.05, 0.1) is 11.5 Å². The van der Waals surface area contributed by atoms with Crippen molar-refractivity contribution in [1.29, 1.82) is 0 Å². The van der Waals surface area contributed by atoms with Crippen LogP contribution >= 0.6 is 0 Å². The summed E-state index contributed by atoms with van der Waals surface area (Å²) >= 11 is 0. The summed E-state index contributed by atoms with van der Waals surface area (Å²) in [5, 5.41) is 16.9. The maximum Gasteiger partial charge on any atom is 0.231 e. The molecule has 88 valence electrons. The van der Waals surface area contributed by atoms with E-state index in [1.165, 1.54) is 0 Å². The van der Waals surface area contributed by atoms with Crippen LogP contribution in [-0.2, 0) is 0 Å². The van der Waals surface area contributed by atoms with Gasteiger partial charge in [-0.2, -0.15) is 4.98 Å². The number of nitrogens with one attached hydrogen (secondary N) is 1. The molecule has 2 aromatic rings. The number of benzene rings is 1. The Balaban J connectivity index is 1.92. The van der Waals surface area contributed by atoms with E-state index in [1.807, 2.05) is 6.07 Å². The van der Waals surface area contributed by atoms with Crippen LogP contribution in [0.2, 0.25) is 0 Å². The topological polar surface area (TPSA) is 71.2 Å². The second kappa shape index (κ2) is 4.18. The van der Waals surface area contributed by atoms with Gasteiger partial charge in [0, 0.05) is 6.54 Å². The maximum atomic E-state index is 9.70. The molecule has 0 bridgehead atoms. The van der Waals surface area contributed by atoms with E-state index in [-0.39, 0.29) is 5.75 Å². The van der Waals surface area contributed by atoms with Crippen LogP contribution in [0, 0.1) is 0 Å². The Bertz CT molecular complexity index is 518. The number of hydrogen-bond acceptors (Lipinski definition) is 5. The Morgan fingerprint density at radius 2 is 2.24 bits per heavy atom. The summed E-state index contributed by atoms with van der Waals surface area (Å²) in [5.41, 5.74) is 0.605. The fourth-order valence-electron chi connectivity index (χ4n) is 2.04. The van der Waals surface area contributed by atoms with Crippen molar-refractivity contribution in [3.8, 4) is 17.1 Å². The van der Waals surface area contributed by atoms with Gasteiger partial charge in [-0.3, -0.25) is 0 Å². The summed E-state index contributed by atoms with van der Waals surface area (Å²) in [7, 11) is 0. The minimum absolute atomic E-state index is 0.171. The maximum absolute atomic E-state index is 9.70. The van der Waals surface area contributed by atoms with Crippen molar-refractivity contribution in [1.82, 2.24) is 15.5 Å². The first-order valence-electron chi connectivity index (χ1n) is 5.67. The smallest absolute Gasteiger partial charge is 0.231 e. The molecule has 1 aromatic heterocycles. The van der Waals surface area contributed by atoms with E-state index in [2.05, 4.69) is 15.5 Å². The summed E-state index contributed by atoms with van der Waals surface area (Å²) in [4.78, 5) is 4.35. The first-order valence-corrected chi connectivity index (χ1v) is 5.67. The molecular weight excluding hydrogens is 218 g/mol. The van der Waals surface area contributed by atoms with E-state index in [4.69, 9.17) is 4.52 Å². The molecule has 0 amide bonds. The van der Waals surface area contributed by atoms with Gasteiger partial charge in [-0.1, -0.05) is 17.3 Å². The van der Waals surface area contributed by atoms with E-state index in [0.717, 1.165) is 19.5 Å². The lowest BCUT2D eigenvalue weighted by Gasteiger charge is -1.99. The van der Waals surface area contributed by atoms with E-state index >= 15 is 0 Å². The fraction of sp³-hybridized carbons (Fsp3) is 0.333. The van der Waals surface area contributed by atoms with Crippen molar-refractivity contribution < 1.29 is 9.63 Å². The van der Waals surface area contributed by atoms with Crippen LogP contribution in [0.25, 0.3) is 11.4 Å². The molecule has 2 heterocycles. The highest BCUT2D eigenvalue weighted by Gasteiger charge is 2.23. The highest BCUT2D eigenvalue weighted by molar-refractivity contribution is 5.62. The van der Waals surface area contributed by atoms with Gasteiger partial charge in [-0.25, -0.2) is 0 Å². The third-order valence-corrected chi connectivity index (χ3v) is 3.00. The number of hydrogen-bond donors (Lipinski definition) is 2. The Hall–Kier alpha value is -1.88. The monoisotopic (exact) mass is 231 g/mol. The average Bonchev–Trinajstić information content (AvgIpc) is 3.00. The van der Waals surface area contributed by atoms with Crippen molar-refractivity contribution in [3.63, 3.8) is 0 Å². The van der Waals surface area contributed by atoms with E-state index in [1.54, 1.807) is 18.2 Å². The molecule has 1 aliphatic heterocycles. The Morgan fingerprint density at radius 1 is 1.35 bits per heavy atom. The van der Waals surface area contributed by atoms with Gasteiger partial charge < -0.3 is 14.9 Å². The van der Waals surface area contributed by atoms with Gasteiger partial charge in [0.1, 0.15) is 5.75 Å². The first-order chi connectivity index (χ1) is 8.34.